The van der Waals surface area contributed by atoms with E-state index < -0.39 is 0 Å². The number of fused-ring (bicyclic) bond motifs is 3. The lowest BCUT2D eigenvalue weighted by molar-refractivity contribution is -0.137. The van der Waals surface area contributed by atoms with Gasteiger partial charge < -0.3 is 19.5 Å². The first-order chi connectivity index (χ1) is 18.0. The van der Waals surface area contributed by atoms with E-state index in [1.165, 1.54) is 0 Å². The number of amides is 2. The molecule has 0 unspecified atom stereocenters. The van der Waals surface area contributed by atoms with E-state index in [0.717, 1.165) is 53.9 Å². The second-order valence-corrected chi connectivity index (χ2v) is 10.5. The van der Waals surface area contributed by atoms with E-state index in [2.05, 4.69) is 35.9 Å². The van der Waals surface area contributed by atoms with Gasteiger partial charge in [-0.3, -0.25) is 9.59 Å². The van der Waals surface area contributed by atoms with Crippen LogP contribution in [-0.2, 0) is 29.0 Å². The van der Waals surface area contributed by atoms with Crippen LogP contribution >= 0.6 is 0 Å². The molecule has 7 nitrogen and oxygen atoms in total. The minimum absolute atomic E-state index is 0.0303. The Labute approximate surface area is 218 Å². The average molecular weight is 501 g/mol. The van der Waals surface area contributed by atoms with Crippen molar-refractivity contribution < 1.29 is 14.3 Å². The van der Waals surface area contributed by atoms with Gasteiger partial charge >= 0.3 is 0 Å². The Kier molecular flexibility index (Phi) is 7.58. The molecule has 2 aliphatic rings. The van der Waals surface area contributed by atoms with E-state index in [1.807, 2.05) is 53.4 Å². The Morgan fingerprint density at radius 1 is 1.14 bits per heavy atom. The Hall–Kier alpha value is -3.61. The molecular formula is C30H36N4O3. The van der Waals surface area contributed by atoms with Crippen molar-refractivity contribution in [3.63, 3.8) is 0 Å². The topological polar surface area (TPSA) is 76.5 Å². The second kappa shape index (κ2) is 11.2. The summed E-state index contributed by atoms with van der Waals surface area (Å²) in [7, 11) is 0. The fourth-order valence-corrected chi connectivity index (χ4v) is 5.53. The molecule has 5 rings (SSSR count). The van der Waals surface area contributed by atoms with E-state index in [1.54, 1.807) is 0 Å². The van der Waals surface area contributed by atoms with Crippen LogP contribution in [0.3, 0.4) is 0 Å². The third-order valence-corrected chi connectivity index (χ3v) is 7.28. The van der Waals surface area contributed by atoms with E-state index in [9.17, 15) is 9.59 Å². The number of carbonyl (C=O) groups is 2. The van der Waals surface area contributed by atoms with Crippen LogP contribution in [0.4, 0.5) is 0 Å². The number of likely N-dealkylation sites (tertiary alicyclic amines) is 1. The number of hydrogen-bond acceptors (Lipinski definition) is 4. The van der Waals surface area contributed by atoms with Crippen LogP contribution in [0.25, 0.3) is 11.0 Å². The minimum Gasteiger partial charge on any atom is -0.483 e. The van der Waals surface area contributed by atoms with Crippen molar-refractivity contribution in [2.45, 2.75) is 64.6 Å². The highest BCUT2D eigenvalue weighted by molar-refractivity contribution is 5.82. The van der Waals surface area contributed by atoms with E-state index in [4.69, 9.17) is 9.72 Å². The highest BCUT2D eigenvalue weighted by atomic mass is 16.5. The van der Waals surface area contributed by atoms with E-state index in [0.29, 0.717) is 18.9 Å². The SMILES string of the molecule is CC(C)Cc1nc2ccccc2n1CC(=O)N1CCC[C@H]2NC(=O)COc3ccccc3C/C=C/C[C@H]21. The number of piperidine rings is 1. The molecule has 0 aliphatic carbocycles. The summed E-state index contributed by atoms with van der Waals surface area (Å²) in [5.74, 6) is 2.04. The molecule has 1 saturated heterocycles. The zero-order chi connectivity index (χ0) is 25.8. The summed E-state index contributed by atoms with van der Waals surface area (Å²) in [6.07, 6.45) is 8.22. The number of imidazole rings is 1. The zero-order valence-electron chi connectivity index (χ0n) is 21.7. The fraction of sp³-hybridized carbons (Fsp3) is 0.433. The van der Waals surface area contributed by atoms with Gasteiger partial charge in [-0.25, -0.2) is 4.98 Å². The van der Waals surface area contributed by atoms with Crippen LogP contribution in [0.2, 0.25) is 0 Å². The summed E-state index contributed by atoms with van der Waals surface area (Å²) >= 11 is 0. The van der Waals surface area contributed by atoms with Crippen LogP contribution < -0.4 is 10.1 Å². The van der Waals surface area contributed by atoms with Crippen molar-refractivity contribution in [3.8, 4) is 5.75 Å². The predicted octanol–water partition coefficient (Wildman–Crippen LogP) is 4.29. The van der Waals surface area contributed by atoms with Crippen molar-refractivity contribution in [3.05, 3.63) is 72.1 Å². The van der Waals surface area contributed by atoms with E-state index in [-0.39, 0.29) is 37.0 Å². The molecule has 3 aromatic rings. The van der Waals surface area contributed by atoms with Gasteiger partial charge in [0.05, 0.1) is 17.1 Å². The van der Waals surface area contributed by atoms with Gasteiger partial charge in [-0.1, -0.05) is 56.3 Å². The van der Waals surface area contributed by atoms with Crippen molar-refractivity contribution >= 4 is 22.8 Å². The van der Waals surface area contributed by atoms with Crippen molar-refractivity contribution in [1.29, 1.82) is 0 Å². The summed E-state index contributed by atoms with van der Waals surface area (Å²) in [5, 5.41) is 3.17. The highest BCUT2D eigenvalue weighted by Gasteiger charge is 2.35. The lowest BCUT2D eigenvalue weighted by Gasteiger charge is -2.41. The van der Waals surface area contributed by atoms with Crippen LogP contribution in [0.1, 0.15) is 44.5 Å². The summed E-state index contributed by atoms with van der Waals surface area (Å²) in [4.78, 5) is 33.5. The van der Waals surface area contributed by atoms with Gasteiger partial charge in [-0.05, 0) is 55.4 Å². The lowest BCUT2D eigenvalue weighted by atomic mass is 9.92. The molecule has 2 aromatic carbocycles. The smallest absolute Gasteiger partial charge is 0.258 e. The van der Waals surface area contributed by atoms with Crippen LogP contribution in [0.5, 0.6) is 5.75 Å². The van der Waals surface area contributed by atoms with Crippen LogP contribution in [0.15, 0.2) is 60.7 Å². The normalized spacial score (nSPS) is 21.3. The average Bonchev–Trinajstić information content (AvgIpc) is 3.21. The number of benzene rings is 2. The third-order valence-electron chi connectivity index (χ3n) is 7.28. The van der Waals surface area contributed by atoms with Crippen molar-refractivity contribution in [2.24, 2.45) is 5.92 Å². The summed E-state index contributed by atoms with van der Waals surface area (Å²) < 4.78 is 7.92. The van der Waals surface area contributed by atoms with Crippen molar-refractivity contribution in [1.82, 2.24) is 19.8 Å². The number of rotatable bonds is 4. The molecule has 0 spiro atoms. The van der Waals surface area contributed by atoms with Gasteiger partial charge in [0.25, 0.3) is 5.91 Å². The van der Waals surface area contributed by atoms with Crippen LogP contribution in [-0.4, -0.2) is 51.5 Å². The number of hydrogen-bond donors (Lipinski definition) is 1. The first-order valence-electron chi connectivity index (χ1n) is 13.4. The molecule has 0 saturated carbocycles. The molecule has 2 aliphatic heterocycles. The maximum Gasteiger partial charge on any atom is 0.258 e. The number of carbonyl (C=O) groups excluding carboxylic acids is 2. The number of ether oxygens (including phenoxy) is 1. The number of para-hydroxylation sites is 3. The number of aromatic nitrogens is 2. The number of nitrogens with one attached hydrogen (secondary N) is 1. The molecule has 7 heteroatoms. The molecule has 37 heavy (non-hydrogen) atoms. The van der Waals surface area contributed by atoms with Gasteiger partial charge in [0.15, 0.2) is 6.61 Å². The standard InChI is InChI=1S/C30H36N4O3/c1-21(2)18-28-31-23-12-5-7-15-26(23)34(28)19-30(36)33-17-9-13-24-25(33)14-6-3-10-22-11-4-8-16-27(22)37-20-29(35)32-24/h3-8,11-12,15-16,21,24-25H,9-10,13-14,17-20H2,1-2H3,(H,32,35)/b6-3+/t24-,25-/m1/s1. The third kappa shape index (κ3) is 5.71. The summed E-state index contributed by atoms with van der Waals surface area (Å²) in [6.45, 7) is 5.25. The summed E-state index contributed by atoms with van der Waals surface area (Å²) in [6, 6.07) is 15.6. The number of nitrogens with zero attached hydrogens (tertiary/aromatic N) is 3. The Morgan fingerprint density at radius 3 is 2.81 bits per heavy atom. The van der Waals surface area contributed by atoms with Gasteiger partial charge in [0, 0.05) is 19.0 Å². The first-order valence-corrected chi connectivity index (χ1v) is 13.4. The lowest BCUT2D eigenvalue weighted by Crippen LogP contribution is -2.58. The maximum absolute atomic E-state index is 13.8. The molecule has 0 bridgehead atoms. The fourth-order valence-electron chi connectivity index (χ4n) is 5.53. The molecule has 194 valence electrons. The van der Waals surface area contributed by atoms with Gasteiger partial charge in [0.1, 0.15) is 18.1 Å². The molecule has 1 N–H and O–H groups in total. The van der Waals surface area contributed by atoms with E-state index >= 15 is 0 Å². The first kappa shape index (κ1) is 25.1. The molecule has 3 heterocycles. The number of allylic oxidation sites excluding steroid dienone is 1. The Balaban J connectivity index is 1.40. The molecular weight excluding hydrogens is 464 g/mol. The summed E-state index contributed by atoms with van der Waals surface area (Å²) in [5.41, 5.74) is 2.96. The minimum atomic E-state index is -0.150. The second-order valence-electron chi connectivity index (χ2n) is 10.5. The molecule has 2 amide bonds. The monoisotopic (exact) mass is 500 g/mol. The van der Waals surface area contributed by atoms with Crippen molar-refractivity contribution in [2.75, 3.05) is 13.2 Å². The van der Waals surface area contributed by atoms with Gasteiger partial charge in [0.2, 0.25) is 5.91 Å². The molecule has 1 aromatic heterocycles. The molecule has 2 atom stereocenters. The predicted molar refractivity (Wildman–Crippen MR) is 144 cm³/mol. The Bertz CT molecular complexity index is 1290. The molecule has 0 radical (unpaired) electrons. The van der Waals surface area contributed by atoms with Gasteiger partial charge in [-0.15, -0.1) is 0 Å². The quantitative estimate of drug-likeness (QED) is 0.542. The van der Waals surface area contributed by atoms with Gasteiger partial charge in [-0.2, -0.15) is 0 Å². The highest BCUT2D eigenvalue weighted by Crippen LogP contribution is 2.25. The molecule has 1 fully saturated rings. The maximum atomic E-state index is 13.8. The van der Waals surface area contributed by atoms with Crippen LogP contribution in [0, 0.1) is 5.92 Å². The Morgan fingerprint density at radius 2 is 1.95 bits per heavy atom. The zero-order valence-corrected chi connectivity index (χ0v) is 21.7. The largest absolute Gasteiger partial charge is 0.483 e.